The molecule has 21 heavy (non-hydrogen) atoms. The Morgan fingerprint density at radius 1 is 1.19 bits per heavy atom. The number of benzene rings is 1. The van der Waals surface area contributed by atoms with Gasteiger partial charge < -0.3 is 10.6 Å². The molecular formula is C17H22N2O2. The van der Waals surface area contributed by atoms with E-state index in [0.717, 1.165) is 0 Å². The number of carbonyl (C=O) groups is 2. The Morgan fingerprint density at radius 2 is 1.81 bits per heavy atom. The van der Waals surface area contributed by atoms with Gasteiger partial charge in [0.25, 0.3) is 0 Å². The number of nitrogens with zero attached hydrogens (tertiary/aromatic N) is 1. The Kier molecular flexibility index (Phi) is 3.08. The van der Waals surface area contributed by atoms with Crippen molar-refractivity contribution in [2.75, 3.05) is 13.1 Å². The lowest BCUT2D eigenvalue weighted by Gasteiger charge is -2.25. The second-order valence-electron chi connectivity index (χ2n) is 7.08. The lowest BCUT2D eigenvalue weighted by molar-refractivity contribution is -0.142. The van der Waals surface area contributed by atoms with Crippen LogP contribution in [0.15, 0.2) is 30.3 Å². The van der Waals surface area contributed by atoms with Gasteiger partial charge >= 0.3 is 0 Å². The summed E-state index contributed by atoms with van der Waals surface area (Å²) in [5, 5.41) is 0. The Hall–Kier alpha value is -1.84. The molecule has 0 radical (unpaired) electrons. The van der Waals surface area contributed by atoms with Gasteiger partial charge in [-0.1, -0.05) is 44.2 Å². The second-order valence-corrected chi connectivity index (χ2v) is 7.08. The van der Waals surface area contributed by atoms with E-state index in [4.69, 9.17) is 5.73 Å². The molecule has 2 fully saturated rings. The number of hydrogen-bond acceptors (Lipinski definition) is 2. The minimum Gasteiger partial charge on any atom is -0.369 e. The number of rotatable bonds is 3. The maximum absolute atomic E-state index is 12.7. The first-order valence-electron chi connectivity index (χ1n) is 7.51. The molecule has 1 saturated carbocycles. The van der Waals surface area contributed by atoms with Gasteiger partial charge in [-0.25, -0.2) is 0 Å². The summed E-state index contributed by atoms with van der Waals surface area (Å²) in [6, 6.07) is 10.3. The summed E-state index contributed by atoms with van der Waals surface area (Å²) < 4.78 is 0. The molecule has 2 aliphatic rings. The number of carbonyl (C=O) groups excluding carboxylic acids is 2. The average Bonchev–Trinajstić information content (AvgIpc) is 3.19. The first-order chi connectivity index (χ1) is 9.87. The molecule has 1 aliphatic heterocycles. The summed E-state index contributed by atoms with van der Waals surface area (Å²) >= 11 is 0. The van der Waals surface area contributed by atoms with Crippen LogP contribution in [0.25, 0.3) is 0 Å². The van der Waals surface area contributed by atoms with Crippen molar-refractivity contribution >= 4 is 11.8 Å². The van der Waals surface area contributed by atoms with Gasteiger partial charge in [-0.2, -0.15) is 0 Å². The summed E-state index contributed by atoms with van der Waals surface area (Å²) in [6.45, 7) is 5.72. The maximum atomic E-state index is 12.7. The lowest BCUT2D eigenvalue weighted by atomic mass is 9.78. The van der Waals surface area contributed by atoms with Gasteiger partial charge in [0.15, 0.2) is 0 Å². The first-order valence-corrected chi connectivity index (χ1v) is 7.51. The van der Waals surface area contributed by atoms with E-state index in [1.807, 2.05) is 23.1 Å². The largest absolute Gasteiger partial charge is 0.369 e. The molecule has 0 bridgehead atoms. The Bertz CT molecular complexity index is 576. The highest BCUT2D eigenvalue weighted by molar-refractivity contribution is 6.07. The quantitative estimate of drug-likeness (QED) is 0.863. The van der Waals surface area contributed by atoms with Gasteiger partial charge in [0.05, 0.1) is 0 Å². The van der Waals surface area contributed by atoms with Crippen molar-refractivity contribution in [3.05, 3.63) is 35.9 Å². The summed E-state index contributed by atoms with van der Waals surface area (Å²) in [5.74, 6) is -0.235. The van der Waals surface area contributed by atoms with E-state index in [9.17, 15) is 9.59 Å². The van der Waals surface area contributed by atoms with Crippen LogP contribution in [0.4, 0.5) is 0 Å². The van der Waals surface area contributed by atoms with E-state index in [1.54, 1.807) is 0 Å². The molecule has 3 rings (SSSR count). The van der Waals surface area contributed by atoms with Crippen LogP contribution >= 0.6 is 0 Å². The van der Waals surface area contributed by atoms with Crippen molar-refractivity contribution in [1.29, 1.82) is 0 Å². The second kappa shape index (κ2) is 4.58. The monoisotopic (exact) mass is 286 g/mol. The molecule has 1 aliphatic carbocycles. The number of nitrogens with two attached hydrogens (primary N) is 1. The van der Waals surface area contributed by atoms with Crippen LogP contribution in [-0.4, -0.2) is 29.8 Å². The molecule has 4 heteroatoms. The number of primary amides is 1. The first kappa shape index (κ1) is 14.1. The standard InChI is InChI=1S/C17H22N2O2/c1-16(2)11-19(15(21)17(8-9-17)14(18)20)10-13(16)12-6-4-3-5-7-12/h3-7,13H,8-11H2,1-2H3,(H2,18,20)/t13-/m0/s1. The third-order valence-electron chi connectivity index (χ3n) is 5.06. The van der Waals surface area contributed by atoms with E-state index in [0.29, 0.717) is 31.8 Å². The summed E-state index contributed by atoms with van der Waals surface area (Å²) in [7, 11) is 0. The van der Waals surface area contributed by atoms with Gasteiger partial charge in [0.1, 0.15) is 5.41 Å². The summed E-state index contributed by atoms with van der Waals surface area (Å²) in [5.41, 5.74) is 5.78. The van der Waals surface area contributed by atoms with Crippen LogP contribution in [0.1, 0.15) is 38.2 Å². The molecular weight excluding hydrogens is 264 g/mol. The van der Waals surface area contributed by atoms with Gasteiger partial charge in [-0.05, 0) is 23.8 Å². The average molecular weight is 286 g/mol. The maximum Gasteiger partial charge on any atom is 0.238 e. The highest BCUT2D eigenvalue weighted by Gasteiger charge is 2.58. The van der Waals surface area contributed by atoms with Crippen molar-refractivity contribution in [1.82, 2.24) is 4.90 Å². The molecule has 0 aromatic heterocycles. The van der Waals surface area contributed by atoms with Crippen LogP contribution < -0.4 is 5.73 Å². The Labute approximate surface area is 125 Å². The van der Waals surface area contributed by atoms with Crippen LogP contribution in [0, 0.1) is 10.8 Å². The van der Waals surface area contributed by atoms with Crippen molar-refractivity contribution in [2.24, 2.45) is 16.6 Å². The number of likely N-dealkylation sites (tertiary alicyclic amines) is 1. The van der Waals surface area contributed by atoms with E-state index in [2.05, 4.69) is 26.0 Å². The molecule has 1 heterocycles. The molecule has 1 saturated heterocycles. The third-order valence-corrected chi connectivity index (χ3v) is 5.06. The van der Waals surface area contributed by atoms with Gasteiger partial charge in [-0.15, -0.1) is 0 Å². The molecule has 0 unspecified atom stereocenters. The van der Waals surface area contributed by atoms with Crippen molar-refractivity contribution in [3.8, 4) is 0 Å². The van der Waals surface area contributed by atoms with Gasteiger partial charge in [-0.3, -0.25) is 9.59 Å². The summed E-state index contributed by atoms with van der Waals surface area (Å²) in [4.78, 5) is 26.1. The van der Waals surface area contributed by atoms with Crippen LogP contribution in [0.5, 0.6) is 0 Å². The zero-order valence-electron chi connectivity index (χ0n) is 12.6. The number of hydrogen-bond donors (Lipinski definition) is 1. The molecule has 112 valence electrons. The zero-order chi connectivity index (χ0) is 15.3. The SMILES string of the molecule is CC1(C)CN(C(=O)C2(C(N)=O)CC2)C[C@H]1c1ccccc1. The smallest absolute Gasteiger partial charge is 0.238 e. The minimum absolute atomic E-state index is 0.00470. The van der Waals surface area contributed by atoms with Crippen LogP contribution in [0.2, 0.25) is 0 Å². The molecule has 2 N–H and O–H groups in total. The van der Waals surface area contributed by atoms with E-state index in [-0.39, 0.29) is 11.3 Å². The van der Waals surface area contributed by atoms with Gasteiger partial charge in [0, 0.05) is 19.0 Å². The third kappa shape index (κ3) is 2.23. The van der Waals surface area contributed by atoms with Crippen molar-refractivity contribution in [2.45, 2.75) is 32.6 Å². The van der Waals surface area contributed by atoms with Crippen molar-refractivity contribution in [3.63, 3.8) is 0 Å². The topological polar surface area (TPSA) is 63.4 Å². The Balaban J connectivity index is 1.83. The minimum atomic E-state index is -0.901. The fraction of sp³-hybridized carbons (Fsp3) is 0.529. The van der Waals surface area contributed by atoms with Crippen LogP contribution in [-0.2, 0) is 9.59 Å². The van der Waals surface area contributed by atoms with E-state index >= 15 is 0 Å². The molecule has 1 aromatic carbocycles. The fourth-order valence-electron chi connectivity index (χ4n) is 3.52. The lowest BCUT2D eigenvalue weighted by Crippen LogP contribution is -2.42. The fourth-order valence-corrected chi connectivity index (χ4v) is 3.52. The van der Waals surface area contributed by atoms with E-state index < -0.39 is 11.3 Å². The highest BCUT2D eigenvalue weighted by atomic mass is 16.2. The molecule has 4 nitrogen and oxygen atoms in total. The molecule has 2 amide bonds. The van der Waals surface area contributed by atoms with Crippen molar-refractivity contribution < 1.29 is 9.59 Å². The van der Waals surface area contributed by atoms with Crippen LogP contribution in [0.3, 0.4) is 0 Å². The predicted molar refractivity (Wildman–Crippen MR) is 80.4 cm³/mol. The summed E-state index contributed by atoms with van der Waals surface area (Å²) in [6.07, 6.45) is 1.21. The highest BCUT2D eigenvalue weighted by Crippen LogP contribution is 2.50. The Morgan fingerprint density at radius 3 is 2.33 bits per heavy atom. The van der Waals surface area contributed by atoms with E-state index in [1.165, 1.54) is 5.56 Å². The predicted octanol–water partition coefficient (Wildman–Crippen LogP) is 1.90. The van der Waals surface area contributed by atoms with Gasteiger partial charge in [0.2, 0.25) is 11.8 Å². The normalized spacial score (nSPS) is 25.6. The molecule has 1 atom stereocenters. The number of amides is 2. The zero-order valence-corrected chi connectivity index (χ0v) is 12.6. The molecule has 1 aromatic rings. The molecule has 0 spiro atoms.